The van der Waals surface area contributed by atoms with Gasteiger partial charge in [0.25, 0.3) is 5.91 Å². The van der Waals surface area contributed by atoms with Crippen molar-refractivity contribution in [2.45, 2.75) is 27.2 Å². The summed E-state index contributed by atoms with van der Waals surface area (Å²) in [6.45, 7) is 5.95. The first-order valence-electron chi connectivity index (χ1n) is 6.50. The fourth-order valence-electron chi connectivity index (χ4n) is 1.94. The molecule has 0 fully saturated rings. The van der Waals surface area contributed by atoms with Crippen molar-refractivity contribution in [3.8, 4) is 0 Å². The van der Waals surface area contributed by atoms with Gasteiger partial charge in [0.1, 0.15) is 0 Å². The van der Waals surface area contributed by atoms with Crippen LogP contribution in [0, 0.1) is 12.8 Å². The highest BCUT2D eigenvalue weighted by Gasteiger charge is 2.11. The average Bonchev–Trinajstić information content (AvgIpc) is 2.73. The zero-order valence-corrected chi connectivity index (χ0v) is 11.8. The summed E-state index contributed by atoms with van der Waals surface area (Å²) in [7, 11) is 0. The van der Waals surface area contributed by atoms with Crippen LogP contribution >= 0.6 is 0 Å². The number of aromatic nitrogens is 3. The Balaban J connectivity index is 2.21. The van der Waals surface area contributed by atoms with Gasteiger partial charge >= 0.3 is 0 Å². The van der Waals surface area contributed by atoms with Gasteiger partial charge in [0, 0.05) is 29.2 Å². The molecule has 20 heavy (non-hydrogen) atoms. The molecule has 0 saturated heterocycles. The molecule has 0 saturated carbocycles. The fraction of sp³-hybridized carbons (Fsp3) is 0.357. The number of carbonyl (C=O) groups is 1. The highest BCUT2D eigenvalue weighted by molar-refractivity contribution is 6.03. The summed E-state index contributed by atoms with van der Waals surface area (Å²) in [6, 6.07) is 2.99. The minimum Gasteiger partial charge on any atom is -0.328 e. The Morgan fingerprint density at radius 3 is 2.70 bits per heavy atom. The van der Waals surface area contributed by atoms with E-state index in [4.69, 9.17) is 0 Å². The number of pyridine rings is 1. The maximum Gasteiger partial charge on any atom is 0.258 e. The smallest absolute Gasteiger partial charge is 0.258 e. The van der Waals surface area contributed by atoms with Gasteiger partial charge in [0.2, 0.25) is 11.5 Å². The minimum atomic E-state index is -0.351. The van der Waals surface area contributed by atoms with Crippen LogP contribution in [-0.2, 0) is 6.42 Å². The van der Waals surface area contributed by atoms with Crippen LogP contribution in [0.15, 0.2) is 23.1 Å². The largest absolute Gasteiger partial charge is 0.328 e. The first-order valence-corrected chi connectivity index (χ1v) is 6.50. The van der Waals surface area contributed by atoms with E-state index in [2.05, 4.69) is 34.1 Å². The molecular formula is C14H18N4O2. The van der Waals surface area contributed by atoms with Crippen molar-refractivity contribution in [1.82, 2.24) is 15.0 Å². The summed E-state index contributed by atoms with van der Waals surface area (Å²) in [4.78, 5) is 33.3. The molecule has 2 aromatic heterocycles. The van der Waals surface area contributed by atoms with Crippen LogP contribution in [0.5, 0.6) is 0 Å². The molecule has 0 unspecified atom stereocenters. The summed E-state index contributed by atoms with van der Waals surface area (Å²) >= 11 is 0. The van der Waals surface area contributed by atoms with E-state index in [9.17, 15) is 9.59 Å². The van der Waals surface area contributed by atoms with Crippen LogP contribution in [0.1, 0.15) is 35.6 Å². The van der Waals surface area contributed by atoms with Crippen LogP contribution in [0.25, 0.3) is 0 Å². The Morgan fingerprint density at radius 2 is 2.10 bits per heavy atom. The minimum absolute atomic E-state index is 0.274. The quantitative estimate of drug-likeness (QED) is 0.794. The number of imidazole rings is 1. The highest BCUT2D eigenvalue weighted by atomic mass is 16.2. The lowest BCUT2D eigenvalue weighted by atomic mass is 10.1. The molecule has 2 heterocycles. The van der Waals surface area contributed by atoms with Gasteiger partial charge in [-0.15, -0.1) is 0 Å². The highest BCUT2D eigenvalue weighted by Crippen LogP contribution is 2.08. The van der Waals surface area contributed by atoms with Crippen molar-refractivity contribution in [3.63, 3.8) is 0 Å². The molecule has 6 nitrogen and oxygen atoms in total. The lowest BCUT2D eigenvalue weighted by Gasteiger charge is -2.07. The molecule has 0 aliphatic rings. The maximum absolute atomic E-state index is 12.1. The summed E-state index contributed by atoms with van der Waals surface area (Å²) in [5.74, 6) is 0.422. The second-order valence-corrected chi connectivity index (χ2v) is 5.23. The van der Waals surface area contributed by atoms with Gasteiger partial charge in [-0.25, -0.2) is 4.98 Å². The predicted molar refractivity (Wildman–Crippen MR) is 76.9 cm³/mol. The molecule has 6 heteroatoms. The van der Waals surface area contributed by atoms with Crippen LogP contribution < -0.4 is 10.9 Å². The lowest BCUT2D eigenvalue weighted by Crippen LogP contribution is -2.18. The van der Waals surface area contributed by atoms with E-state index in [-0.39, 0.29) is 11.5 Å². The lowest BCUT2D eigenvalue weighted by molar-refractivity contribution is 0.102. The third-order valence-electron chi connectivity index (χ3n) is 2.73. The number of hydrogen-bond acceptors (Lipinski definition) is 3. The topological polar surface area (TPSA) is 90.6 Å². The number of nitrogens with zero attached hydrogens (tertiary/aromatic N) is 1. The number of rotatable bonds is 4. The first kappa shape index (κ1) is 14.0. The maximum atomic E-state index is 12.1. The number of anilines is 1. The zero-order valence-electron chi connectivity index (χ0n) is 11.8. The van der Waals surface area contributed by atoms with Crippen LogP contribution in [0.4, 0.5) is 5.95 Å². The van der Waals surface area contributed by atoms with Crippen molar-refractivity contribution in [2.75, 3.05) is 5.32 Å². The molecule has 3 N–H and O–H groups in total. The van der Waals surface area contributed by atoms with Crippen LogP contribution in [0.3, 0.4) is 0 Å². The molecule has 106 valence electrons. The van der Waals surface area contributed by atoms with Gasteiger partial charge < -0.3 is 9.97 Å². The fourth-order valence-corrected chi connectivity index (χ4v) is 1.94. The first-order chi connectivity index (χ1) is 9.44. The standard InChI is InChI=1S/C14H18N4O2/c1-8(2)4-11-5-10(6-12(19)17-11)13(20)18-14-15-7-9(3)16-14/h5-8H,4H2,1-3H3,(H,17,19)(H2,15,16,18,20). The number of nitrogens with one attached hydrogen (secondary N) is 3. The molecular weight excluding hydrogens is 256 g/mol. The molecule has 0 aliphatic carbocycles. The third kappa shape index (κ3) is 3.57. The molecule has 2 rings (SSSR count). The SMILES string of the molecule is Cc1cnc(NC(=O)c2cc(CC(C)C)[nH]c(=O)c2)[nH]1. The Hall–Kier alpha value is -2.37. The number of amides is 1. The van der Waals surface area contributed by atoms with Gasteiger partial charge in [0.05, 0.1) is 0 Å². The van der Waals surface area contributed by atoms with Gasteiger partial charge in [-0.3, -0.25) is 14.9 Å². The van der Waals surface area contributed by atoms with Crippen molar-refractivity contribution in [2.24, 2.45) is 5.92 Å². The van der Waals surface area contributed by atoms with Gasteiger partial charge in [-0.05, 0) is 25.3 Å². The second-order valence-electron chi connectivity index (χ2n) is 5.23. The summed E-state index contributed by atoms with van der Waals surface area (Å²) in [5.41, 5.74) is 1.67. The molecule has 0 bridgehead atoms. The Kier molecular flexibility index (Phi) is 4.02. The van der Waals surface area contributed by atoms with Gasteiger partial charge in [0.15, 0.2) is 0 Å². The van der Waals surface area contributed by atoms with E-state index >= 15 is 0 Å². The summed E-state index contributed by atoms with van der Waals surface area (Å²) < 4.78 is 0. The van der Waals surface area contributed by atoms with E-state index in [0.29, 0.717) is 17.4 Å². The molecule has 0 aliphatic heterocycles. The zero-order chi connectivity index (χ0) is 14.7. The molecule has 0 atom stereocenters. The average molecular weight is 274 g/mol. The number of H-pyrrole nitrogens is 2. The molecule has 0 aromatic carbocycles. The van der Waals surface area contributed by atoms with Gasteiger partial charge in [-0.1, -0.05) is 13.8 Å². The number of carbonyl (C=O) groups excluding carboxylic acids is 1. The number of hydrogen-bond donors (Lipinski definition) is 3. The van der Waals surface area contributed by atoms with E-state index in [0.717, 1.165) is 17.8 Å². The van der Waals surface area contributed by atoms with Crippen LogP contribution in [0.2, 0.25) is 0 Å². The third-order valence-corrected chi connectivity index (χ3v) is 2.73. The second kappa shape index (κ2) is 5.73. The van der Waals surface area contributed by atoms with Gasteiger partial charge in [-0.2, -0.15) is 0 Å². The van der Waals surface area contributed by atoms with E-state index < -0.39 is 0 Å². The van der Waals surface area contributed by atoms with Crippen LogP contribution in [-0.4, -0.2) is 20.9 Å². The molecule has 0 spiro atoms. The monoisotopic (exact) mass is 274 g/mol. The van der Waals surface area contributed by atoms with E-state index in [1.807, 2.05) is 6.92 Å². The van der Waals surface area contributed by atoms with Crippen molar-refractivity contribution in [1.29, 1.82) is 0 Å². The normalized spacial score (nSPS) is 10.8. The molecule has 2 aromatic rings. The summed E-state index contributed by atoms with van der Waals surface area (Å²) in [5, 5.41) is 2.63. The predicted octanol–water partition coefficient (Wildman–Crippen LogP) is 1.86. The number of aromatic amines is 2. The molecule has 0 radical (unpaired) electrons. The van der Waals surface area contributed by atoms with Crippen molar-refractivity contribution >= 4 is 11.9 Å². The Labute approximate surface area is 116 Å². The van der Waals surface area contributed by atoms with E-state index in [1.165, 1.54) is 6.07 Å². The Morgan fingerprint density at radius 1 is 1.35 bits per heavy atom. The molecule has 1 amide bonds. The van der Waals surface area contributed by atoms with Crippen molar-refractivity contribution < 1.29 is 4.79 Å². The summed E-state index contributed by atoms with van der Waals surface area (Å²) in [6.07, 6.45) is 2.34. The van der Waals surface area contributed by atoms with Crippen molar-refractivity contribution in [3.05, 3.63) is 45.6 Å². The number of aryl methyl sites for hydroxylation is 1. The van der Waals surface area contributed by atoms with E-state index in [1.54, 1.807) is 12.3 Å². The Bertz CT molecular complexity index is 670.